The number of thiophene rings is 1. The van der Waals surface area contributed by atoms with Crippen molar-refractivity contribution in [1.29, 1.82) is 0 Å². The summed E-state index contributed by atoms with van der Waals surface area (Å²) in [6.07, 6.45) is 5.11. The van der Waals surface area contributed by atoms with E-state index >= 15 is 0 Å². The number of likely N-dealkylation sites (tertiary alicyclic amines) is 1. The fourth-order valence-corrected chi connectivity index (χ4v) is 4.07. The number of nitrogens with zero attached hydrogens (tertiary/aromatic N) is 1. The largest absolute Gasteiger partial charge is 0.497 e. The molecule has 134 valence electrons. The smallest absolute Gasteiger partial charge is 0.251 e. The number of amides is 1. The molecule has 1 aliphatic rings. The van der Waals surface area contributed by atoms with Gasteiger partial charge in [0.25, 0.3) is 5.91 Å². The number of benzene rings is 1. The van der Waals surface area contributed by atoms with Gasteiger partial charge in [0.1, 0.15) is 5.75 Å². The predicted octanol–water partition coefficient (Wildman–Crippen LogP) is 4.10. The zero-order chi connectivity index (χ0) is 17.5. The second-order valence-electron chi connectivity index (χ2n) is 6.46. The van der Waals surface area contributed by atoms with Gasteiger partial charge in [-0.1, -0.05) is 12.8 Å². The minimum Gasteiger partial charge on any atom is -0.497 e. The van der Waals surface area contributed by atoms with E-state index in [1.807, 2.05) is 12.1 Å². The zero-order valence-corrected chi connectivity index (χ0v) is 15.6. The van der Waals surface area contributed by atoms with E-state index in [1.165, 1.54) is 31.2 Å². The van der Waals surface area contributed by atoms with Crippen LogP contribution in [0.15, 0.2) is 41.1 Å². The number of carbonyl (C=O) groups excluding carboxylic acids is 1. The Morgan fingerprint density at radius 3 is 2.48 bits per heavy atom. The number of hydrogen-bond donors (Lipinski definition) is 1. The Morgan fingerprint density at radius 2 is 1.88 bits per heavy atom. The van der Waals surface area contributed by atoms with Crippen LogP contribution < -0.4 is 10.1 Å². The Balaban J connectivity index is 1.66. The van der Waals surface area contributed by atoms with Gasteiger partial charge in [0.15, 0.2) is 0 Å². The predicted molar refractivity (Wildman–Crippen MR) is 102 cm³/mol. The van der Waals surface area contributed by atoms with E-state index < -0.39 is 0 Å². The van der Waals surface area contributed by atoms with Crippen molar-refractivity contribution in [2.75, 3.05) is 26.7 Å². The maximum absolute atomic E-state index is 12.5. The van der Waals surface area contributed by atoms with Gasteiger partial charge in [-0.25, -0.2) is 0 Å². The Hall–Kier alpha value is -1.85. The molecular weight excluding hydrogens is 332 g/mol. The molecule has 1 aromatic carbocycles. The average molecular weight is 359 g/mol. The zero-order valence-electron chi connectivity index (χ0n) is 14.7. The number of carbonyl (C=O) groups is 1. The van der Waals surface area contributed by atoms with Crippen LogP contribution in [0.5, 0.6) is 5.75 Å². The first kappa shape index (κ1) is 18.0. The third-order valence-electron chi connectivity index (χ3n) is 4.82. The first-order valence-corrected chi connectivity index (χ1v) is 9.90. The molecule has 4 nitrogen and oxygen atoms in total. The normalized spacial score (nSPS) is 16.8. The summed E-state index contributed by atoms with van der Waals surface area (Å²) in [5, 5.41) is 7.45. The van der Waals surface area contributed by atoms with Crippen molar-refractivity contribution < 1.29 is 9.53 Å². The van der Waals surface area contributed by atoms with Crippen LogP contribution >= 0.6 is 11.3 Å². The molecule has 1 saturated heterocycles. The number of rotatable bonds is 6. The molecule has 1 aromatic heterocycles. The van der Waals surface area contributed by atoms with E-state index in [2.05, 4.69) is 27.0 Å². The highest BCUT2D eigenvalue weighted by Crippen LogP contribution is 2.25. The number of nitrogens with one attached hydrogen (secondary N) is 1. The van der Waals surface area contributed by atoms with Gasteiger partial charge in [-0.15, -0.1) is 0 Å². The van der Waals surface area contributed by atoms with Gasteiger partial charge >= 0.3 is 0 Å². The lowest BCUT2D eigenvalue weighted by Gasteiger charge is -2.30. The van der Waals surface area contributed by atoms with Crippen molar-refractivity contribution in [3.05, 3.63) is 52.2 Å². The number of hydrogen-bond acceptors (Lipinski definition) is 4. The third-order valence-corrected chi connectivity index (χ3v) is 5.52. The minimum absolute atomic E-state index is 0.0299. The highest BCUT2D eigenvalue weighted by atomic mass is 32.1. The molecule has 5 heteroatoms. The summed E-state index contributed by atoms with van der Waals surface area (Å²) in [6.45, 7) is 2.86. The number of ether oxygens (including phenoxy) is 1. The van der Waals surface area contributed by atoms with E-state index in [1.54, 1.807) is 30.6 Å². The van der Waals surface area contributed by atoms with Gasteiger partial charge in [-0.05, 0) is 72.6 Å². The molecule has 2 heterocycles. The van der Waals surface area contributed by atoms with E-state index in [0.717, 1.165) is 18.8 Å². The van der Waals surface area contributed by atoms with Crippen LogP contribution in [0.25, 0.3) is 0 Å². The highest BCUT2D eigenvalue weighted by Gasteiger charge is 2.22. The molecule has 0 aliphatic carbocycles. The maximum Gasteiger partial charge on any atom is 0.251 e. The molecule has 1 atom stereocenters. The summed E-state index contributed by atoms with van der Waals surface area (Å²) in [5.74, 6) is 0.731. The topological polar surface area (TPSA) is 41.6 Å². The van der Waals surface area contributed by atoms with Crippen molar-refractivity contribution >= 4 is 17.2 Å². The van der Waals surface area contributed by atoms with Crippen molar-refractivity contribution in [1.82, 2.24) is 10.2 Å². The summed E-state index contributed by atoms with van der Waals surface area (Å²) in [4.78, 5) is 15.0. The molecule has 2 aromatic rings. The summed E-state index contributed by atoms with van der Waals surface area (Å²) < 4.78 is 5.15. The van der Waals surface area contributed by atoms with Gasteiger partial charge in [0.05, 0.1) is 13.2 Å². The summed E-state index contributed by atoms with van der Waals surface area (Å²) in [6, 6.07) is 9.69. The highest BCUT2D eigenvalue weighted by molar-refractivity contribution is 7.07. The minimum atomic E-state index is -0.0299. The first-order chi connectivity index (χ1) is 12.3. The molecule has 1 aliphatic heterocycles. The van der Waals surface area contributed by atoms with Crippen molar-refractivity contribution in [3.63, 3.8) is 0 Å². The second-order valence-corrected chi connectivity index (χ2v) is 7.24. The van der Waals surface area contributed by atoms with E-state index in [9.17, 15) is 4.79 Å². The van der Waals surface area contributed by atoms with Gasteiger partial charge in [-0.3, -0.25) is 9.69 Å². The molecule has 1 N–H and O–H groups in total. The molecule has 1 fully saturated rings. The quantitative estimate of drug-likeness (QED) is 0.845. The first-order valence-electron chi connectivity index (χ1n) is 8.96. The van der Waals surface area contributed by atoms with Crippen LogP contribution in [0.3, 0.4) is 0 Å². The number of methoxy groups -OCH3 is 1. The van der Waals surface area contributed by atoms with Crippen molar-refractivity contribution in [2.45, 2.75) is 31.7 Å². The van der Waals surface area contributed by atoms with Crippen LogP contribution in [0.2, 0.25) is 0 Å². The van der Waals surface area contributed by atoms with Gasteiger partial charge < -0.3 is 10.1 Å². The average Bonchev–Trinajstić information content (AvgIpc) is 3.05. The van der Waals surface area contributed by atoms with E-state index in [-0.39, 0.29) is 11.9 Å². The Morgan fingerprint density at radius 1 is 1.16 bits per heavy atom. The Labute approximate surface area is 153 Å². The lowest BCUT2D eigenvalue weighted by Crippen LogP contribution is -2.38. The van der Waals surface area contributed by atoms with Gasteiger partial charge in [0.2, 0.25) is 0 Å². The summed E-state index contributed by atoms with van der Waals surface area (Å²) in [7, 11) is 1.63. The van der Waals surface area contributed by atoms with Gasteiger partial charge in [-0.2, -0.15) is 11.3 Å². The fraction of sp³-hybridized carbons (Fsp3) is 0.450. The lowest BCUT2D eigenvalue weighted by molar-refractivity contribution is 0.0933. The molecule has 3 rings (SSSR count). The molecule has 0 unspecified atom stereocenters. The van der Waals surface area contributed by atoms with E-state index in [4.69, 9.17) is 4.74 Å². The van der Waals surface area contributed by atoms with Crippen LogP contribution in [-0.2, 0) is 0 Å². The lowest BCUT2D eigenvalue weighted by atomic mass is 10.1. The Bertz CT molecular complexity index is 647. The molecule has 25 heavy (non-hydrogen) atoms. The monoisotopic (exact) mass is 358 g/mol. The summed E-state index contributed by atoms with van der Waals surface area (Å²) >= 11 is 1.72. The molecule has 0 saturated carbocycles. The van der Waals surface area contributed by atoms with Crippen molar-refractivity contribution in [3.8, 4) is 5.75 Å². The molecule has 0 bridgehead atoms. The maximum atomic E-state index is 12.5. The second kappa shape index (κ2) is 9.02. The standard InChI is InChI=1S/C20H26N2O2S/c1-24-18-8-6-16(7-9-18)20(23)21-14-19(17-10-13-25-15-17)22-11-4-2-3-5-12-22/h6-10,13,15,19H,2-5,11-12,14H2,1H3,(H,21,23)/t19-/m1/s1. The Kier molecular flexibility index (Phi) is 6.48. The van der Waals surface area contributed by atoms with Crippen LogP contribution in [0.4, 0.5) is 0 Å². The molecule has 0 radical (unpaired) electrons. The van der Waals surface area contributed by atoms with Crippen LogP contribution in [0.1, 0.15) is 47.6 Å². The summed E-state index contributed by atoms with van der Waals surface area (Å²) in [5.41, 5.74) is 1.97. The fourth-order valence-electron chi connectivity index (χ4n) is 3.36. The van der Waals surface area contributed by atoms with E-state index in [0.29, 0.717) is 12.1 Å². The van der Waals surface area contributed by atoms with Crippen LogP contribution in [0, 0.1) is 0 Å². The molecule has 1 amide bonds. The SMILES string of the molecule is COc1ccc(C(=O)NC[C@H](c2ccsc2)N2CCCCCC2)cc1. The third kappa shape index (κ3) is 4.83. The van der Waals surface area contributed by atoms with Crippen LogP contribution in [-0.4, -0.2) is 37.6 Å². The molecule has 0 spiro atoms. The van der Waals surface area contributed by atoms with Gasteiger partial charge in [0, 0.05) is 12.1 Å². The van der Waals surface area contributed by atoms with Crippen molar-refractivity contribution in [2.24, 2.45) is 0 Å². The molecular formula is C20H26N2O2S.